The summed E-state index contributed by atoms with van der Waals surface area (Å²) in [4.78, 5) is 0.0450. The van der Waals surface area contributed by atoms with Gasteiger partial charge in [0.05, 0.1) is 15.6 Å². The van der Waals surface area contributed by atoms with Crippen LogP contribution in [0.5, 0.6) is 0 Å². The lowest BCUT2D eigenvalue weighted by Gasteiger charge is -2.12. The summed E-state index contributed by atoms with van der Waals surface area (Å²) in [5.74, 6) is -0.622. The molecule has 0 aliphatic carbocycles. The van der Waals surface area contributed by atoms with Gasteiger partial charge in [0.15, 0.2) is 0 Å². The second-order valence-corrected chi connectivity index (χ2v) is 7.29. The maximum atomic E-state index is 13.1. The fraction of sp³-hybridized carbons (Fsp3) is 0.0769. The van der Waals surface area contributed by atoms with Crippen molar-refractivity contribution in [3.05, 3.63) is 51.2 Å². The fourth-order valence-electron chi connectivity index (χ4n) is 1.73. The van der Waals surface area contributed by atoms with Gasteiger partial charge in [0.25, 0.3) is 10.0 Å². The van der Waals surface area contributed by atoms with Crippen molar-refractivity contribution in [1.29, 1.82) is 0 Å². The van der Waals surface area contributed by atoms with Gasteiger partial charge in [0.1, 0.15) is 5.82 Å². The first-order chi connectivity index (χ1) is 9.70. The van der Waals surface area contributed by atoms with E-state index in [4.69, 9.17) is 17.3 Å². The van der Waals surface area contributed by atoms with Gasteiger partial charge >= 0.3 is 0 Å². The van der Waals surface area contributed by atoms with Gasteiger partial charge in [-0.1, -0.05) is 11.6 Å². The summed E-state index contributed by atoms with van der Waals surface area (Å²) in [6.45, 7) is 1.65. The van der Waals surface area contributed by atoms with Crippen LogP contribution in [0.3, 0.4) is 0 Å². The molecule has 21 heavy (non-hydrogen) atoms. The van der Waals surface area contributed by atoms with E-state index in [1.54, 1.807) is 13.0 Å². The molecule has 3 N–H and O–H groups in total. The molecule has 8 heteroatoms. The number of hydrogen-bond donors (Lipinski definition) is 2. The van der Waals surface area contributed by atoms with E-state index in [1.165, 1.54) is 18.2 Å². The standard InChI is InChI=1S/C13H11BrClFN2O2S/c1-7-4-9(14)12(17)6-13(7)21(19,20)18-8-2-3-11(16)10(15)5-8/h2-6,18H,17H2,1H3. The quantitative estimate of drug-likeness (QED) is 0.776. The normalized spacial score (nSPS) is 11.4. The van der Waals surface area contributed by atoms with Crippen LogP contribution in [0.15, 0.2) is 39.7 Å². The summed E-state index contributed by atoms with van der Waals surface area (Å²) in [6, 6.07) is 6.54. The predicted molar refractivity (Wildman–Crippen MR) is 85.5 cm³/mol. The van der Waals surface area contributed by atoms with Crippen molar-refractivity contribution in [3.63, 3.8) is 0 Å². The van der Waals surface area contributed by atoms with Crippen molar-refractivity contribution in [2.45, 2.75) is 11.8 Å². The van der Waals surface area contributed by atoms with Gasteiger partial charge in [-0.25, -0.2) is 12.8 Å². The van der Waals surface area contributed by atoms with E-state index >= 15 is 0 Å². The highest BCUT2D eigenvalue weighted by Crippen LogP contribution is 2.28. The van der Waals surface area contributed by atoms with E-state index in [2.05, 4.69) is 20.7 Å². The van der Waals surface area contributed by atoms with E-state index in [0.29, 0.717) is 15.7 Å². The lowest BCUT2D eigenvalue weighted by molar-refractivity contribution is 0.600. The number of hydrogen-bond acceptors (Lipinski definition) is 3. The molecule has 0 saturated heterocycles. The lowest BCUT2D eigenvalue weighted by atomic mass is 10.2. The molecule has 4 nitrogen and oxygen atoms in total. The maximum Gasteiger partial charge on any atom is 0.262 e. The number of nitrogens with one attached hydrogen (secondary N) is 1. The first kappa shape index (κ1) is 16.1. The van der Waals surface area contributed by atoms with Gasteiger partial charge in [0.2, 0.25) is 0 Å². The molecule has 0 aromatic heterocycles. The molecular weight excluding hydrogens is 383 g/mol. The van der Waals surface area contributed by atoms with Crippen molar-refractivity contribution in [3.8, 4) is 0 Å². The number of anilines is 2. The Morgan fingerprint density at radius 1 is 1.29 bits per heavy atom. The first-order valence-electron chi connectivity index (χ1n) is 5.74. The molecule has 2 aromatic rings. The van der Waals surface area contributed by atoms with Crippen molar-refractivity contribution in [2.75, 3.05) is 10.5 Å². The van der Waals surface area contributed by atoms with Crippen LogP contribution in [0, 0.1) is 12.7 Å². The minimum absolute atomic E-state index is 0.0450. The van der Waals surface area contributed by atoms with Crippen LogP contribution in [0.1, 0.15) is 5.56 Å². The Balaban J connectivity index is 2.43. The van der Waals surface area contributed by atoms with Gasteiger partial charge < -0.3 is 5.73 Å². The third-order valence-electron chi connectivity index (χ3n) is 2.76. The number of benzene rings is 2. The number of nitrogen functional groups attached to an aromatic ring is 1. The van der Waals surface area contributed by atoms with Crippen molar-refractivity contribution in [1.82, 2.24) is 0 Å². The highest BCUT2D eigenvalue weighted by atomic mass is 79.9. The molecule has 0 aliphatic heterocycles. The van der Waals surface area contributed by atoms with Crippen LogP contribution >= 0.6 is 27.5 Å². The topological polar surface area (TPSA) is 72.2 Å². The highest BCUT2D eigenvalue weighted by molar-refractivity contribution is 9.10. The van der Waals surface area contributed by atoms with E-state index < -0.39 is 15.8 Å². The molecule has 2 aromatic carbocycles. The van der Waals surface area contributed by atoms with Gasteiger partial charge in [-0.3, -0.25) is 4.72 Å². The average Bonchev–Trinajstić information content (AvgIpc) is 2.37. The van der Waals surface area contributed by atoms with Crippen LogP contribution in [0.25, 0.3) is 0 Å². The largest absolute Gasteiger partial charge is 0.398 e. The number of rotatable bonds is 3. The Morgan fingerprint density at radius 3 is 2.57 bits per heavy atom. The Labute approximate surface area is 135 Å². The second kappa shape index (κ2) is 5.82. The Morgan fingerprint density at radius 2 is 1.95 bits per heavy atom. The summed E-state index contributed by atoms with van der Waals surface area (Å²) in [6.07, 6.45) is 0. The summed E-state index contributed by atoms with van der Waals surface area (Å²) in [5, 5.41) is -0.165. The molecule has 0 aliphatic rings. The van der Waals surface area contributed by atoms with Crippen molar-refractivity contribution < 1.29 is 12.8 Å². The molecule has 0 radical (unpaired) electrons. The number of nitrogens with two attached hydrogens (primary N) is 1. The minimum Gasteiger partial charge on any atom is -0.398 e. The molecule has 0 saturated carbocycles. The van der Waals surface area contributed by atoms with Gasteiger partial charge in [0, 0.05) is 10.2 Å². The summed E-state index contributed by atoms with van der Waals surface area (Å²) < 4.78 is 40.8. The molecule has 0 bridgehead atoms. The molecule has 112 valence electrons. The summed E-state index contributed by atoms with van der Waals surface area (Å²) >= 11 is 8.86. The maximum absolute atomic E-state index is 13.1. The Hall–Kier alpha value is -1.31. The fourth-order valence-corrected chi connectivity index (χ4v) is 3.68. The Bertz CT molecular complexity index is 812. The summed E-state index contributed by atoms with van der Waals surface area (Å²) in [5.41, 5.74) is 6.71. The third-order valence-corrected chi connectivity index (χ3v) is 5.26. The van der Waals surface area contributed by atoms with E-state index in [-0.39, 0.29) is 15.6 Å². The van der Waals surface area contributed by atoms with E-state index in [0.717, 1.165) is 6.07 Å². The lowest BCUT2D eigenvalue weighted by Crippen LogP contribution is -2.14. The van der Waals surface area contributed by atoms with E-state index in [9.17, 15) is 12.8 Å². The average molecular weight is 394 g/mol. The zero-order valence-electron chi connectivity index (χ0n) is 10.8. The van der Waals surface area contributed by atoms with Crippen LogP contribution in [0.4, 0.5) is 15.8 Å². The number of sulfonamides is 1. The highest BCUT2D eigenvalue weighted by Gasteiger charge is 2.19. The zero-order chi connectivity index (χ0) is 15.8. The van der Waals surface area contributed by atoms with Gasteiger partial charge in [-0.15, -0.1) is 0 Å². The summed E-state index contributed by atoms with van der Waals surface area (Å²) in [7, 11) is -3.84. The molecular formula is C13H11BrClFN2O2S. The molecule has 0 amide bonds. The molecule has 0 heterocycles. The predicted octanol–water partition coefficient (Wildman–Crippen LogP) is 3.93. The van der Waals surface area contributed by atoms with Crippen molar-refractivity contribution >= 4 is 48.9 Å². The van der Waals surface area contributed by atoms with Gasteiger partial charge in [-0.2, -0.15) is 0 Å². The zero-order valence-corrected chi connectivity index (χ0v) is 14.0. The van der Waals surface area contributed by atoms with Crippen LogP contribution in [0.2, 0.25) is 5.02 Å². The molecule has 0 fully saturated rings. The monoisotopic (exact) mass is 392 g/mol. The van der Waals surface area contributed by atoms with Crippen LogP contribution in [-0.4, -0.2) is 8.42 Å². The third kappa shape index (κ3) is 3.48. The van der Waals surface area contributed by atoms with E-state index in [1.807, 2.05) is 0 Å². The Kier molecular flexibility index (Phi) is 4.46. The van der Waals surface area contributed by atoms with Crippen molar-refractivity contribution in [2.24, 2.45) is 0 Å². The minimum atomic E-state index is -3.84. The SMILES string of the molecule is Cc1cc(Br)c(N)cc1S(=O)(=O)Nc1ccc(F)c(Cl)c1. The number of halogens is 3. The smallest absolute Gasteiger partial charge is 0.262 e. The van der Waals surface area contributed by atoms with Gasteiger partial charge in [-0.05, 0) is 58.7 Å². The number of aryl methyl sites for hydroxylation is 1. The molecule has 0 unspecified atom stereocenters. The molecule has 0 spiro atoms. The molecule has 2 rings (SSSR count). The van der Waals surface area contributed by atoms with Crippen LogP contribution in [-0.2, 0) is 10.0 Å². The van der Waals surface area contributed by atoms with Crippen LogP contribution < -0.4 is 10.5 Å². The molecule has 0 atom stereocenters. The second-order valence-electron chi connectivity index (χ2n) is 4.37. The first-order valence-corrected chi connectivity index (χ1v) is 8.39.